The van der Waals surface area contributed by atoms with Gasteiger partial charge in [0.1, 0.15) is 0 Å². The summed E-state index contributed by atoms with van der Waals surface area (Å²) in [5.41, 5.74) is 4.70. The molecule has 0 nitrogen and oxygen atoms in total. The largest absolute Gasteiger partial charge is 0.103 e. The second kappa shape index (κ2) is 6.22. The van der Waals surface area contributed by atoms with Gasteiger partial charge in [-0.3, -0.25) is 0 Å². The van der Waals surface area contributed by atoms with E-state index in [1.807, 2.05) is 0 Å². The third-order valence-corrected chi connectivity index (χ3v) is 3.78. The smallest absolute Gasteiger partial charge is 0.0127 e. The van der Waals surface area contributed by atoms with E-state index < -0.39 is 0 Å². The average Bonchev–Trinajstić information content (AvgIpc) is 2.34. The lowest BCUT2D eigenvalue weighted by Crippen LogP contribution is -2.13. The molecule has 1 unspecified atom stereocenters. The van der Waals surface area contributed by atoms with Crippen LogP contribution in [0.3, 0.4) is 0 Å². The van der Waals surface area contributed by atoms with Crippen molar-refractivity contribution in [1.29, 1.82) is 0 Å². The molecule has 18 heavy (non-hydrogen) atoms. The minimum Gasteiger partial charge on any atom is -0.103 e. The first-order valence-corrected chi connectivity index (χ1v) is 7.18. The first-order chi connectivity index (χ1) is 8.43. The molecule has 0 spiro atoms. The molecule has 0 N–H and O–H groups in total. The number of benzene rings is 1. The monoisotopic (exact) mass is 244 g/mol. The fourth-order valence-corrected chi connectivity index (χ4v) is 2.48. The predicted octanol–water partition coefficient (Wildman–Crippen LogP) is 5.62. The van der Waals surface area contributed by atoms with E-state index in [0.717, 1.165) is 12.8 Å². The van der Waals surface area contributed by atoms with Gasteiger partial charge in [0.05, 0.1) is 0 Å². The van der Waals surface area contributed by atoms with Crippen LogP contribution in [0.2, 0.25) is 0 Å². The Kier molecular flexibility index (Phi) is 5.19. The average molecular weight is 244 g/mol. The highest BCUT2D eigenvalue weighted by molar-refractivity contribution is 5.37. The molecule has 1 aromatic rings. The highest BCUT2D eigenvalue weighted by Gasteiger charge is 2.18. The molecule has 0 saturated carbocycles. The van der Waals surface area contributed by atoms with Crippen molar-refractivity contribution >= 4 is 0 Å². The third kappa shape index (κ3) is 3.48. The van der Waals surface area contributed by atoms with Crippen molar-refractivity contribution in [2.24, 2.45) is 0 Å². The lowest BCUT2D eigenvalue weighted by molar-refractivity contribution is 0.584. The molecule has 1 aromatic carbocycles. The van der Waals surface area contributed by atoms with E-state index in [1.54, 1.807) is 0 Å². The Labute approximate surface area is 113 Å². The molecular formula is C18H28. The third-order valence-electron chi connectivity index (χ3n) is 3.78. The van der Waals surface area contributed by atoms with Crippen LogP contribution in [-0.2, 0) is 11.8 Å². The maximum Gasteiger partial charge on any atom is -0.0127 e. The van der Waals surface area contributed by atoms with Gasteiger partial charge in [0.15, 0.2) is 0 Å². The molecule has 0 saturated heterocycles. The Morgan fingerprint density at radius 1 is 1.22 bits per heavy atom. The summed E-state index contributed by atoms with van der Waals surface area (Å²) in [6.07, 6.45) is 5.44. The van der Waals surface area contributed by atoms with Crippen LogP contribution in [-0.4, -0.2) is 0 Å². The van der Waals surface area contributed by atoms with Crippen LogP contribution in [0.1, 0.15) is 70.1 Å². The van der Waals surface area contributed by atoms with Crippen LogP contribution in [0.15, 0.2) is 30.9 Å². The summed E-state index contributed by atoms with van der Waals surface area (Å²) < 4.78 is 0. The van der Waals surface area contributed by atoms with Crippen molar-refractivity contribution < 1.29 is 0 Å². The number of allylic oxidation sites excluding steroid dienone is 1. The molecule has 1 atom stereocenters. The molecule has 0 aliphatic rings. The standard InChI is InChI=1S/C18H28/c1-7-10-14(8-2)17-13-16(18(4,5)6)12-11-15(17)9-3/h7,11-14H,1,8-10H2,2-6H3. The van der Waals surface area contributed by atoms with E-state index in [2.05, 4.69) is 65.5 Å². The highest BCUT2D eigenvalue weighted by Crippen LogP contribution is 2.32. The Morgan fingerprint density at radius 3 is 2.33 bits per heavy atom. The predicted molar refractivity (Wildman–Crippen MR) is 82.4 cm³/mol. The van der Waals surface area contributed by atoms with Gasteiger partial charge in [0.25, 0.3) is 0 Å². The molecule has 0 heterocycles. The van der Waals surface area contributed by atoms with Crippen molar-refractivity contribution in [3.63, 3.8) is 0 Å². The zero-order chi connectivity index (χ0) is 13.8. The van der Waals surface area contributed by atoms with E-state index in [4.69, 9.17) is 0 Å². The molecule has 0 radical (unpaired) electrons. The first kappa shape index (κ1) is 15.0. The number of rotatable bonds is 5. The van der Waals surface area contributed by atoms with Crippen molar-refractivity contribution in [3.05, 3.63) is 47.5 Å². The molecule has 0 aliphatic heterocycles. The summed E-state index contributed by atoms with van der Waals surface area (Å²) in [7, 11) is 0. The zero-order valence-corrected chi connectivity index (χ0v) is 12.7. The SMILES string of the molecule is C=CCC(CC)c1cc(C(C)(C)C)ccc1CC. The summed E-state index contributed by atoms with van der Waals surface area (Å²) >= 11 is 0. The molecule has 0 fully saturated rings. The van der Waals surface area contributed by atoms with Gasteiger partial charge in [0, 0.05) is 0 Å². The highest BCUT2D eigenvalue weighted by atomic mass is 14.2. The second-order valence-electron chi connectivity index (χ2n) is 6.15. The number of aryl methyl sites for hydroxylation is 1. The molecule has 0 heteroatoms. The summed E-state index contributed by atoms with van der Waals surface area (Å²) in [6, 6.07) is 7.04. The van der Waals surface area contributed by atoms with Crippen molar-refractivity contribution in [2.75, 3.05) is 0 Å². The lowest BCUT2D eigenvalue weighted by Gasteiger charge is -2.24. The Hall–Kier alpha value is -1.04. The molecule has 1 rings (SSSR count). The van der Waals surface area contributed by atoms with Gasteiger partial charge < -0.3 is 0 Å². The molecule has 100 valence electrons. The van der Waals surface area contributed by atoms with Crippen LogP contribution >= 0.6 is 0 Å². The van der Waals surface area contributed by atoms with E-state index in [1.165, 1.54) is 23.1 Å². The summed E-state index contributed by atoms with van der Waals surface area (Å²) in [4.78, 5) is 0. The topological polar surface area (TPSA) is 0 Å². The zero-order valence-electron chi connectivity index (χ0n) is 12.7. The van der Waals surface area contributed by atoms with Crippen LogP contribution in [0.4, 0.5) is 0 Å². The van der Waals surface area contributed by atoms with E-state index in [0.29, 0.717) is 5.92 Å². The van der Waals surface area contributed by atoms with Gasteiger partial charge in [0.2, 0.25) is 0 Å². The Balaban J connectivity index is 3.24. The minimum absolute atomic E-state index is 0.230. The van der Waals surface area contributed by atoms with Gasteiger partial charge >= 0.3 is 0 Å². The Bertz CT molecular complexity index is 393. The molecule has 0 aliphatic carbocycles. The summed E-state index contributed by atoms with van der Waals surface area (Å²) in [5, 5.41) is 0. The molecule has 0 aromatic heterocycles. The van der Waals surface area contributed by atoms with Gasteiger partial charge in [-0.25, -0.2) is 0 Å². The van der Waals surface area contributed by atoms with Gasteiger partial charge in [-0.15, -0.1) is 6.58 Å². The molecular weight excluding hydrogens is 216 g/mol. The number of hydrogen-bond acceptors (Lipinski definition) is 0. The number of hydrogen-bond donors (Lipinski definition) is 0. The quantitative estimate of drug-likeness (QED) is 0.590. The van der Waals surface area contributed by atoms with E-state index in [9.17, 15) is 0 Å². The first-order valence-electron chi connectivity index (χ1n) is 7.18. The second-order valence-corrected chi connectivity index (χ2v) is 6.15. The summed E-state index contributed by atoms with van der Waals surface area (Å²) in [6.45, 7) is 15.3. The Morgan fingerprint density at radius 2 is 1.89 bits per heavy atom. The van der Waals surface area contributed by atoms with Gasteiger partial charge in [-0.2, -0.15) is 0 Å². The van der Waals surface area contributed by atoms with Crippen LogP contribution in [0, 0.1) is 0 Å². The fraction of sp³-hybridized carbons (Fsp3) is 0.556. The van der Waals surface area contributed by atoms with E-state index in [-0.39, 0.29) is 5.41 Å². The van der Waals surface area contributed by atoms with Crippen molar-refractivity contribution in [3.8, 4) is 0 Å². The van der Waals surface area contributed by atoms with Crippen LogP contribution in [0.5, 0.6) is 0 Å². The molecule has 0 bridgehead atoms. The van der Waals surface area contributed by atoms with Gasteiger partial charge in [-0.1, -0.05) is 58.9 Å². The van der Waals surface area contributed by atoms with Crippen molar-refractivity contribution in [1.82, 2.24) is 0 Å². The lowest BCUT2D eigenvalue weighted by atomic mass is 9.81. The maximum atomic E-state index is 3.90. The molecule has 0 amide bonds. The van der Waals surface area contributed by atoms with Crippen LogP contribution < -0.4 is 0 Å². The normalized spacial score (nSPS) is 13.4. The van der Waals surface area contributed by atoms with E-state index >= 15 is 0 Å². The summed E-state index contributed by atoms with van der Waals surface area (Å²) in [5.74, 6) is 0.625. The fourth-order valence-electron chi connectivity index (χ4n) is 2.48. The maximum absolute atomic E-state index is 3.90. The van der Waals surface area contributed by atoms with Crippen LogP contribution in [0.25, 0.3) is 0 Å². The van der Waals surface area contributed by atoms with Gasteiger partial charge in [-0.05, 0) is 47.3 Å². The van der Waals surface area contributed by atoms with Crippen molar-refractivity contribution in [2.45, 2.75) is 65.2 Å². The minimum atomic E-state index is 0.230.